The molecular weight excluding hydrogens is 540 g/mol. The SMILES string of the molecule is CCCCCOc1ccc(C2C(=C(O)c3ccccc3)C(=O)C(=O)N2c2nc3ccc(OCC)cc3s2)cc1OC. The molecule has 9 heteroatoms. The van der Waals surface area contributed by atoms with Gasteiger partial charge in [-0.2, -0.15) is 0 Å². The molecule has 5 rings (SSSR count). The van der Waals surface area contributed by atoms with Gasteiger partial charge in [0.15, 0.2) is 16.6 Å². The highest BCUT2D eigenvalue weighted by Crippen LogP contribution is 2.46. The molecule has 0 radical (unpaired) electrons. The maximum atomic E-state index is 13.6. The Morgan fingerprint density at radius 3 is 2.51 bits per heavy atom. The minimum Gasteiger partial charge on any atom is -0.507 e. The smallest absolute Gasteiger partial charge is 0.301 e. The molecule has 0 aliphatic carbocycles. The summed E-state index contributed by atoms with van der Waals surface area (Å²) in [6.45, 7) is 5.10. The molecule has 3 aromatic carbocycles. The number of aliphatic hydroxyl groups excluding tert-OH is 1. The summed E-state index contributed by atoms with van der Waals surface area (Å²) in [5.41, 5.74) is 1.66. The molecule has 1 aliphatic rings. The number of carbonyl (C=O) groups is 2. The standard InChI is InChI=1S/C32H32N2O6S/c1-4-6-10-17-40-24-16-13-21(18-25(24)38-3)28-27(29(35)20-11-8-7-9-12-20)30(36)31(37)34(28)32-33-23-15-14-22(39-5-2)19-26(23)41-32/h7-9,11-16,18-19,28,35H,4-6,10,17H2,1-3H3. The van der Waals surface area contributed by atoms with Crippen LogP contribution in [0.25, 0.3) is 16.0 Å². The second-order valence-electron chi connectivity index (χ2n) is 9.56. The van der Waals surface area contributed by atoms with Crippen molar-refractivity contribution in [3.8, 4) is 17.2 Å². The Kier molecular flexibility index (Phi) is 8.54. The molecule has 1 unspecified atom stereocenters. The first-order chi connectivity index (χ1) is 20.0. The molecule has 0 bridgehead atoms. The third kappa shape index (κ3) is 5.63. The van der Waals surface area contributed by atoms with E-state index in [9.17, 15) is 14.7 Å². The molecule has 8 nitrogen and oxygen atoms in total. The van der Waals surface area contributed by atoms with Gasteiger partial charge in [0.05, 0.1) is 42.2 Å². The Morgan fingerprint density at radius 2 is 1.78 bits per heavy atom. The number of hydrogen-bond acceptors (Lipinski definition) is 8. The molecular formula is C32H32N2O6S. The molecule has 0 spiro atoms. The van der Waals surface area contributed by atoms with Crippen molar-refractivity contribution in [3.63, 3.8) is 0 Å². The fourth-order valence-corrected chi connectivity index (χ4v) is 5.88. The average molecular weight is 573 g/mol. The summed E-state index contributed by atoms with van der Waals surface area (Å²) in [5, 5.41) is 11.7. The second kappa shape index (κ2) is 12.4. The van der Waals surface area contributed by atoms with Crippen molar-refractivity contribution >= 4 is 44.1 Å². The van der Waals surface area contributed by atoms with Crippen molar-refractivity contribution in [2.75, 3.05) is 25.2 Å². The van der Waals surface area contributed by atoms with Gasteiger partial charge in [-0.15, -0.1) is 0 Å². The number of hydrogen-bond donors (Lipinski definition) is 1. The lowest BCUT2D eigenvalue weighted by Gasteiger charge is -2.24. The minimum atomic E-state index is -0.940. The third-order valence-electron chi connectivity index (χ3n) is 6.87. The van der Waals surface area contributed by atoms with Crippen LogP contribution >= 0.6 is 11.3 Å². The van der Waals surface area contributed by atoms with E-state index in [1.807, 2.05) is 31.2 Å². The maximum absolute atomic E-state index is 13.6. The highest BCUT2D eigenvalue weighted by Gasteiger charge is 2.48. The Morgan fingerprint density at radius 1 is 0.976 bits per heavy atom. The van der Waals surface area contributed by atoms with E-state index in [0.717, 1.165) is 24.0 Å². The molecule has 2 heterocycles. The summed E-state index contributed by atoms with van der Waals surface area (Å²) in [4.78, 5) is 33.2. The number of ketones is 1. The molecule has 1 N–H and O–H groups in total. The third-order valence-corrected chi connectivity index (χ3v) is 7.88. The normalized spacial score (nSPS) is 16.4. The fraction of sp³-hybridized carbons (Fsp3) is 0.281. The van der Waals surface area contributed by atoms with Gasteiger partial charge in [0.2, 0.25) is 0 Å². The molecule has 0 saturated carbocycles. The Labute approximate surface area is 242 Å². The predicted octanol–water partition coefficient (Wildman–Crippen LogP) is 6.90. The zero-order valence-electron chi connectivity index (χ0n) is 23.3. The van der Waals surface area contributed by atoms with Crippen LogP contribution in [0.3, 0.4) is 0 Å². The Hall–Kier alpha value is -4.37. The first-order valence-electron chi connectivity index (χ1n) is 13.7. The van der Waals surface area contributed by atoms with Crippen LogP contribution in [0.15, 0.2) is 72.3 Å². The van der Waals surface area contributed by atoms with Gasteiger partial charge in [-0.05, 0) is 49.2 Å². The van der Waals surface area contributed by atoms with Crippen molar-refractivity contribution < 1.29 is 28.9 Å². The molecule has 1 aromatic heterocycles. The fourth-order valence-electron chi connectivity index (χ4n) is 4.86. The second-order valence-corrected chi connectivity index (χ2v) is 10.6. The highest BCUT2D eigenvalue weighted by molar-refractivity contribution is 7.22. The number of amides is 1. The van der Waals surface area contributed by atoms with E-state index >= 15 is 0 Å². The first kappa shape index (κ1) is 28.2. The average Bonchev–Trinajstić information content (AvgIpc) is 3.53. The number of unbranched alkanes of at least 4 members (excludes halogenated alkanes) is 2. The molecule has 1 aliphatic heterocycles. The number of methoxy groups -OCH3 is 1. The number of carbonyl (C=O) groups excluding carboxylic acids is 2. The number of nitrogens with zero attached hydrogens (tertiary/aromatic N) is 2. The van der Waals surface area contributed by atoms with E-state index in [1.165, 1.54) is 16.2 Å². The summed E-state index contributed by atoms with van der Waals surface area (Å²) in [6, 6.07) is 18.6. The van der Waals surface area contributed by atoms with Crippen LogP contribution < -0.4 is 19.1 Å². The zero-order valence-corrected chi connectivity index (χ0v) is 24.1. The molecule has 4 aromatic rings. The number of fused-ring (bicyclic) bond motifs is 1. The number of aromatic nitrogens is 1. The lowest BCUT2D eigenvalue weighted by molar-refractivity contribution is -0.132. The quantitative estimate of drug-likeness (QED) is 0.0904. The molecule has 1 saturated heterocycles. The van der Waals surface area contributed by atoms with Gasteiger partial charge in [0.1, 0.15) is 11.5 Å². The van der Waals surface area contributed by atoms with E-state index in [-0.39, 0.29) is 11.3 Å². The highest BCUT2D eigenvalue weighted by atomic mass is 32.1. The summed E-state index contributed by atoms with van der Waals surface area (Å²) in [5.74, 6) is -0.0853. The molecule has 1 atom stereocenters. The summed E-state index contributed by atoms with van der Waals surface area (Å²) in [7, 11) is 1.54. The van der Waals surface area contributed by atoms with Gasteiger partial charge < -0.3 is 19.3 Å². The molecule has 1 amide bonds. The van der Waals surface area contributed by atoms with Gasteiger partial charge in [0, 0.05) is 5.56 Å². The van der Waals surface area contributed by atoms with E-state index in [1.54, 1.807) is 49.6 Å². The lowest BCUT2D eigenvalue weighted by atomic mass is 9.95. The van der Waals surface area contributed by atoms with Crippen molar-refractivity contribution in [2.45, 2.75) is 39.2 Å². The number of benzene rings is 3. The minimum absolute atomic E-state index is 0.0193. The van der Waals surface area contributed by atoms with E-state index in [0.29, 0.717) is 52.2 Å². The van der Waals surface area contributed by atoms with E-state index in [2.05, 4.69) is 6.92 Å². The van der Waals surface area contributed by atoms with Gasteiger partial charge in [0.25, 0.3) is 5.78 Å². The Balaban J connectivity index is 1.63. The van der Waals surface area contributed by atoms with Crippen LogP contribution in [-0.4, -0.2) is 42.1 Å². The maximum Gasteiger partial charge on any atom is 0.301 e. The van der Waals surface area contributed by atoms with Crippen LogP contribution in [0.5, 0.6) is 17.2 Å². The number of Topliss-reactive ketones (excluding diaryl/α,β-unsaturated/α-hetero) is 1. The van der Waals surface area contributed by atoms with Crippen molar-refractivity contribution in [1.29, 1.82) is 0 Å². The Bertz CT molecular complexity index is 1600. The number of thiazole rings is 1. The van der Waals surface area contributed by atoms with Crippen LogP contribution in [0.4, 0.5) is 5.13 Å². The largest absolute Gasteiger partial charge is 0.507 e. The molecule has 41 heavy (non-hydrogen) atoms. The van der Waals surface area contributed by atoms with E-state index in [4.69, 9.17) is 19.2 Å². The summed E-state index contributed by atoms with van der Waals surface area (Å²) >= 11 is 1.28. The van der Waals surface area contributed by atoms with Crippen molar-refractivity contribution in [2.24, 2.45) is 0 Å². The van der Waals surface area contributed by atoms with Gasteiger partial charge in [-0.3, -0.25) is 14.5 Å². The van der Waals surface area contributed by atoms with E-state index < -0.39 is 17.7 Å². The molecule has 212 valence electrons. The van der Waals surface area contributed by atoms with Gasteiger partial charge in [-0.25, -0.2) is 4.98 Å². The molecule has 1 fully saturated rings. The zero-order chi connectivity index (χ0) is 28.9. The van der Waals surface area contributed by atoms with Crippen LogP contribution in [0.2, 0.25) is 0 Å². The van der Waals surface area contributed by atoms with Crippen molar-refractivity contribution in [1.82, 2.24) is 4.98 Å². The number of aliphatic hydroxyl groups is 1. The monoisotopic (exact) mass is 572 g/mol. The van der Waals surface area contributed by atoms with Gasteiger partial charge >= 0.3 is 5.91 Å². The lowest BCUT2D eigenvalue weighted by Crippen LogP contribution is -2.29. The summed E-state index contributed by atoms with van der Waals surface area (Å²) < 4.78 is 18.0. The number of rotatable bonds is 11. The van der Waals surface area contributed by atoms with Crippen LogP contribution in [0.1, 0.15) is 50.3 Å². The van der Waals surface area contributed by atoms with Crippen LogP contribution in [0, 0.1) is 0 Å². The van der Waals surface area contributed by atoms with Crippen molar-refractivity contribution in [3.05, 3.63) is 83.4 Å². The summed E-state index contributed by atoms with van der Waals surface area (Å²) in [6.07, 6.45) is 3.06. The number of anilines is 1. The first-order valence-corrected chi connectivity index (χ1v) is 14.5. The predicted molar refractivity (Wildman–Crippen MR) is 160 cm³/mol. The van der Waals surface area contributed by atoms with Gasteiger partial charge in [-0.1, -0.05) is 67.5 Å². The van der Waals surface area contributed by atoms with Crippen LogP contribution in [-0.2, 0) is 9.59 Å². The number of ether oxygens (including phenoxy) is 3. The topological polar surface area (TPSA) is 98.2 Å².